The number of imidazole rings is 1. The number of aryl methyl sites for hydroxylation is 1. The summed E-state index contributed by atoms with van der Waals surface area (Å²) in [6, 6.07) is 25.2. The number of thioether (sulfide) groups is 1. The maximum Gasteiger partial charge on any atom is 0.273 e. The van der Waals surface area contributed by atoms with Gasteiger partial charge in [0.05, 0.1) is 16.3 Å². The van der Waals surface area contributed by atoms with Gasteiger partial charge in [-0.2, -0.15) is 0 Å². The third kappa shape index (κ3) is 6.27. The molecule has 0 aliphatic heterocycles. The number of hydrogen-bond acceptors (Lipinski definition) is 5. The van der Waals surface area contributed by atoms with Crippen LogP contribution < -0.4 is 5.32 Å². The number of hydrogen-bond donors (Lipinski definition) is 1. The Morgan fingerprint density at radius 1 is 1.00 bits per heavy atom. The first-order chi connectivity index (χ1) is 18.0. The van der Waals surface area contributed by atoms with Crippen LogP contribution in [0.4, 0.5) is 5.69 Å². The van der Waals surface area contributed by atoms with Gasteiger partial charge in [0.2, 0.25) is 0 Å². The summed E-state index contributed by atoms with van der Waals surface area (Å²) in [7, 11) is 0. The lowest BCUT2D eigenvalue weighted by molar-refractivity contribution is -0.385. The molecule has 0 spiro atoms. The van der Waals surface area contributed by atoms with Gasteiger partial charge >= 0.3 is 0 Å². The second-order valence-corrected chi connectivity index (χ2v) is 9.70. The van der Waals surface area contributed by atoms with E-state index in [-0.39, 0.29) is 11.6 Å². The van der Waals surface area contributed by atoms with E-state index in [1.165, 1.54) is 6.07 Å². The van der Waals surface area contributed by atoms with Crippen LogP contribution in [0.25, 0.3) is 22.5 Å². The minimum atomic E-state index is -0.462. The smallest absolute Gasteiger partial charge is 0.273 e. The van der Waals surface area contributed by atoms with Gasteiger partial charge in [0.15, 0.2) is 5.16 Å². The molecule has 8 heteroatoms. The molecule has 1 amide bonds. The van der Waals surface area contributed by atoms with E-state index >= 15 is 0 Å². The van der Waals surface area contributed by atoms with E-state index in [0.29, 0.717) is 17.7 Å². The molecule has 0 aliphatic rings. The fourth-order valence-electron chi connectivity index (χ4n) is 4.16. The normalized spacial score (nSPS) is 10.9. The van der Waals surface area contributed by atoms with Crippen LogP contribution in [-0.4, -0.2) is 32.7 Å². The Morgan fingerprint density at radius 3 is 2.32 bits per heavy atom. The van der Waals surface area contributed by atoms with Crippen molar-refractivity contribution in [3.63, 3.8) is 0 Å². The number of nitro benzene ring substituents is 1. The molecule has 4 rings (SSSR count). The third-order valence-electron chi connectivity index (χ3n) is 6.10. The summed E-state index contributed by atoms with van der Waals surface area (Å²) in [5.41, 5.74) is 5.14. The Morgan fingerprint density at radius 2 is 1.68 bits per heavy atom. The molecule has 1 aromatic heterocycles. The summed E-state index contributed by atoms with van der Waals surface area (Å²) in [6.07, 6.45) is 1.70. The number of aromatic nitrogens is 2. The number of carbonyl (C=O) groups excluding carboxylic acids is 1. The second kappa shape index (κ2) is 12.4. The topological polar surface area (TPSA) is 90.1 Å². The summed E-state index contributed by atoms with van der Waals surface area (Å²) >= 11 is 1.72. The van der Waals surface area contributed by atoms with Gasteiger partial charge in [-0.25, -0.2) is 4.98 Å². The van der Waals surface area contributed by atoms with Crippen molar-refractivity contribution >= 4 is 23.4 Å². The Labute approximate surface area is 221 Å². The molecule has 1 N–H and O–H groups in total. The maximum absolute atomic E-state index is 12.4. The Hall–Kier alpha value is -3.91. The minimum Gasteiger partial charge on any atom is -0.352 e. The SMILES string of the molecule is CCn1c(SCCCCNC(=O)c2ccc(C)c([N+](=O)[O-])c2)nc(-c2ccccc2)c1-c1ccccc1. The first-order valence-electron chi connectivity index (χ1n) is 12.4. The van der Waals surface area contributed by atoms with E-state index in [2.05, 4.69) is 41.1 Å². The van der Waals surface area contributed by atoms with Crippen molar-refractivity contribution in [3.8, 4) is 22.5 Å². The first kappa shape index (κ1) is 26.2. The molecule has 7 nitrogen and oxygen atoms in total. The standard InChI is InChI=1S/C29H30N4O3S/c1-3-32-27(23-14-8-5-9-15-23)26(22-12-6-4-7-13-22)31-29(32)37-19-11-10-18-30-28(34)24-17-16-21(2)25(20-24)33(35)36/h4-9,12-17,20H,3,10-11,18-19H2,1-2H3,(H,30,34). The highest BCUT2D eigenvalue weighted by Crippen LogP contribution is 2.36. The zero-order valence-corrected chi connectivity index (χ0v) is 21.8. The zero-order chi connectivity index (χ0) is 26.2. The highest BCUT2D eigenvalue weighted by molar-refractivity contribution is 7.99. The van der Waals surface area contributed by atoms with E-state index in [9.17, 15) is 14.9 Å². The number of nitrogens with zero attached hydrogens (tertiary/aromatic N) is 3. The van der Waals surface area contributed by atoms with Crippen LogP contribution in [0.1, 0.15) is 35.7 Å². The Bertz CT molecular complexity index is 1370. The molecule has 0 bridgehead atoms. The first-order valence-corrected chi connectivity index (χ1v) is 13.4. The minimum absolute atomic E-state index is 0.0415. The van der Waals surface area contributed by atoms with Crippen LogP contribution in [0.15, 0.2) is 84.0 Å². The molecular formula is C29H30N4O3S. The summed E-state index contributed by atoms with van der Waals surface area (Å²) in [5.74, 6) is 0.572. The number of amides is 1. The largest absolute Gasteiger partial charge is 0.352 e. The fraction of sp³-hybridized carbons (Fsp3) is 0.241. The average Bonchev–Trinajstić information content (AvgIpc) is 3.30. The zero-order valence-electron chi connectivity index (χ0n) is 21.0. The van der Waals surface area contributed by atoms with Crippen molar-refractivity contribution in [1.82, 2.24) is 14.9 Å². The monoisotopic (exact) mass is 514 g/mol. The molecule has 190 valence electrons. The van der Waals surface area contributed by atoms with E-state index < -0.39 is 4.92 Å². The van der Waals surface area contributed by atoms with Gasteiger partial charge in [0.1, 0.15) is 0 Å². The molecule has 0 aliphatic carbocycles. The molecule has 37 heavy (non-hydrogen) atoms. The highest BCUT2D eigenvalue weighted by Gasteiger charge is 2.19. The molecular weight excluding hydrogens is 484 g/mol. The van der Waals surface area contributed by atoms with Gasteiger partial charge in [-0.1, -0.05) is 78.5 Å². The average molecular weight is 515 g/mol. The summed E-state index contributed by atoms with van der Waals surface area (Å²) < 4.78 is 2.27. The fourth-order valence-corrected chi connectivity index (χ4v) is 5.23. The van der Waals surface area contributed by atoms with Gasteiger partial charge < -0.3 is 9.88 Å². The van der Waals surface area contributed by atoms with Crippen molar-refractivity contribution in [2.45, 2.75) is 38.4 Å². The third-order valence-corrected chi connectivity index (χ3v) is 7.16. The quantitative estimate of drug-likeness (QED) is 0.103. The summed E-state index contributed by atoms with van der Waals surface area (Å²) in [6.45, 7) is 5.11. The van der Waals surface area contributed by atoms with Crippen molar-refractivity contribution in [2.24, 2.45) is 0 Å². The van der Waals surface area contributed by atoms with Crippen molar-refractivity contribution in [3.05, 3.63) is 100 Å². The predicted molar refractivity (Wildman–Crippen MR) is 149 cm³/mol. The van der Waals surface area contributed by atoms with E-state index in [1.807, 2.05) is 36.4 Å². The number of benzene rings is 3. The van der Waals surface area contributed by atoms with Gasteiger partial charge in [-0.3, -0.25) is 14.9 Å². The van der Waals surface area contributed by atoms with Crippen LogP contribution in [0, 0.1) is 17.0 Å². The molecule has 1 heterocycles. The van der Waals surface area contributed by atoms with Gasteiger partial charge in [0.25, 0.3) is 11.6 Å². The Balaban J connectivity index is 1.38. The van der Waals surface area contributed by atoms with Gasteiger partial charge in [-0.05, 0) is 32.8 Å². The number of carbonyl (C=O) groups is 1. The van der Waals surface area contributed by atoms with Gasteiger partial charge in [-0.15, -0.1) is 0 Å². The molecule has 3 aromatic carbocycles. The molecule has 0 atom stereocenters. The van der Waals surface area contributed by atoms with Crippen molar-refractivity contribution < 1.29 is 9.72 Å². The lowest BCUT2D eigenvalue weighted by atomic mass is 10.0. The highest BCUT2D eigenvalue weighted by atomic mass is 32.2. The number of unbranched alkanes of at least 4 members (excludes halogenated alkanes) is 1. The van der Waals surface area contributed by atoms with Crippen molar-refractivity contribution in [2.75, 3.05) is 12.3 Å². The van der Waals surface area contributed by atoms with Crippen LogP contribution in [0.3, 0.4) is 0 Å². The van der Waals surface area contributed by atoms with Crippen LogP contribution >= 0.6 is 11.8 Å². The number of nitro groups is 1. The van der Waals surface area contributed by atoms with Crippen molar-refractivity contribution in [1.29, 1.82) is 0 Å². The lowest BCUT2D eigenvalue weighted by Gasteiger charge is -2.11. The van der Waals surface area contributed by atoms with E-state index in [0.717, 1.165) is 52.8 Å². The summed E-state index contributed by atoms with van der Waals surface area (Å²) in [5, 5.41) is 15.0. The van der Waals surface area contributed by atoms with Gasteiger partial charge in [0, 0.05) is 47.2 Å². The summed E-state index contributed by atoms with van der Waals surface area (Å²) in [4.78, 5) is 28.1. The van der Waals surface area contributed by atoms with Crippen LogP contribution in [0.2, 0.25) is 0 Å². The van der Waals surface area contributed by atoms with Crippen LogP contribution in [-0.2, 0) is 6.54 Å². The Kier molecular flexibility index (Phi) is 8.74. The number of nitrogens with one attached hydrogen (secondary N) is 1. The molecule has 0 saturated heterocycles. The maximum atomic E-state index is 12.4. The molecule has 0 unspecified atom stereocenters. The van der Waals surface area contributed by atoms with E-state index in [1.54, 1.807) is 30.8 Å². The number of rotatable bonds is 11. The molecule has 4 aromatic rings. The predicted octanol–water partition coefficient (Wildman–Crippen LogP) is 6.76. The van der Waals surface area contributed by atoms with Crippen LogP contribution in [0.5, 0.6) is 0 Å². The molecule has 0 fully saturated rings. The van der Waals surface area contributed by atoms with E-state index in [4.69, 9.17) is 4.98 Å². The molecule has 0 radical (unpaired) electrons. The molecule has 0 saturated carbocycles. The lowest BCUT2D eigenvalue weighted by Crippen LogP contribution is -2.24. The second-order valence-electron chi connectivity index (χ2n) is 8.64.